The summed E-state index contributed by atoms with van der Waals surface area (Å²) in [5.74, 6) is -0.640. The fraction of sp³-hybridized carbons (Fsp3) is 0.357. The highest BCUT2D eigenvalue weighted by molar-refractivity contribution is 5.85. The van der Waals surface area contributed by atoms with Crippen LogP contribution in [0.15, 0.2) is 43.0 Å². The molecule has 0 saturated heterocycles. The molecule has 1 aromatic carbocycles. The summed E-state index contributed by atoms with van der Waals surface area (Å²) in [6.07, 6.45) is -3.35. The first kappa shape index (κ1) is 19.5. The number of benzene rings is 1. The van der Waals surface area contributed by atoms with Gasteiger partial charge < -0.3 is 10.6 Å². The van der Waals surface area contributed by atoms with E-state index in [1.807, 2.05) is 0 Å². The van der Waals surface area contributed by atoms with E-state index >= 15 is 0 Å². The van der Waals surface area contributed by atoms with Gasteiger partial charge >= 0.3 is 6.18 Å². The van der Waals surface area contributed by atoms with Gasteiger partial charge in [-0.15, -0.1) is 19.0 Å². The van der Waals surface area contributed by atoms with Crippen molar-refractivity contribution in [1.29, 1.82) is 0 Å². The number of nitrogens with two attached hydrogens (primary N) is 1. The van der Waals surface area contributed by atoms with Gasteiger partial charge in [-0.25, -0.2) is 0 Å². The average molecular weight is 323 g/mol. The lowest BCUT2D eigenvalue weighted by molar-refractivity contribution is -0.160. The molecule has 1 aromatic rings. The highest BCUT2D eigenvalue weighted by atomic mass is 35.5. The van der Waals surface area contributed by atoms with Crippen LogP contribution in [-0.4, -0.2) is 30.1 Å². The Balaban J connectivity index is 0.00000400. The number of carbonyl (C=O) groups is 1. The van der Waals surface area contributed by atoms with Gasteiger partial charge in [0.1, 0.15) is 6.54 Å². The third kappa shape index (κ3) is 7.15. The lowest BCUT2D eigenvalue weighted by atomic mass is 10.0. The minimum Gasteiger partial charge on any atom is -0.330 e. The quantitative estimate of drug-likeness (QED) is 0.818. The van der Waals surface area contributed by atoms with Gasteiger partial charge in [-0.3, -0.25) is 4.79 Å². The Labute approximate surface area is 128 Å². The summed E-state index contributed by atoms with van der Waals surface area (Å²) in [6.45, 7) is 1.91. The van der Waals surface area contributed by atoms with Crippen LogP contribution in [0.3, 0.4) is 0 Å². The maximum Gasteiger partial charge on any atom is 0.406 e. The zero-order valence-corrected chi connectivity index (χ0v) is 12.2. The zero-order valence-electron chi connectivity index (χ0n) is 11.3. The van der Waals surface area contributed by atoms with Crippen LogP contribution in [0, 0.1) is 0 Å². The molecule has 1 amide bonds. The molecule has 7 heteroatoms. The van der Waals surface area contributed by atoms with Crippen LogP contribution in [0.25, 0.3) is 0 Å². The molecule has 0 aliphatic heterocycles. The molecular formula is C14H18ClF3N2O. The molecule has 0 fully saturated rings. The molecule has 1 unspecified atom stereocenters. The molecule has 21 heavy (non-hydrogen) atoms. The van der Waals surface area contributed by atoms with Crippen LogP contribution in [0.5, 0.6) is 0 Å². The minimum absolute atomic E-state index is 0. The predicted octanol–water partition coefficient (Wildman–Crippen LogP) is 3.08. The van der Waals surface area contributed by atoms with Gasteiger partial charge in [0, 0.05) is 19.0 Å². The van der Waals surface area contributed by atoms with E-state index in [4.69, 9.17) is 5.73 Å². The molecule has 2 N–H and O–H groups in total. The number of halogens is 4. The van der Waals surface area contributed by atoms with Crippen molar-refractivity contribution in [2.24, 2.45) is 5.73 Å². The Hall–Kier alpha value is -1.53. The first-order chi connectivity index (χ1) is 9.33. The summed E-state index contributed by atoms with van der Waals surface area (Å²) >= 11 is 0. The number of alkyl halides is 3. The summed E-state index contributed by atoms with van der Waals surface area (Å²) in [7, 11) is 0. The smallest absolute Gasteiger partial charge is 0.330 e. The predicted molar refractivity (Wildman–Crippen MR) is 78.1 cm³/mol. The molecule has 0 aromatic heterocycles. The molecule has 0 aliphatic rings. The SMILES string of the molecule is C=CCN(CC(F)(F)F)C(=O)CC(N)c1ccccc1.Cl. The number of amides is 1. The Morgan fingerprint density at radius 3 is 2.38 bits per heavy atom. The van der Waals surface area contributed by atoms with Crippen molar-refractivity contribution in [2.45, 2.75) is 18.6 Å². The third-order valence-corrected chi connectivity index (χ3v) is 2.69. The number of hydrogen-bond donors (Lipinski definition) is 1. The number of rotatable bonds is 6. The molecular weight excluding hydrogens is 305 g/mol. The molecule has 1 rings (SSSR count). The summed E-state index contributed by atoms with van der Waals surface area (Å²) in [6, 6.07) is 8.17. The maximum atomic E-state index is 12.4. The monoisotopic (exact) mass is 322 g/mol. The normalized spacial score (nSPS) is 12.2. The summed E-state index contributed by atoms with van der Waals surface area (Å²) in [5, 5.41) is 0. The largest absolute Gasteiger partial charge is 0.406 e. The van der Waals surface area contributed by atoms with E-state index in [1.54, 1.807) is 30.3 Å². The van der Waals surface area contributed by atoms with Crippen LogP contribution in [0.1, 0.15) is 18.0 Å². The molecule has 0 radical (unpaired) electrons. The highest BCUT2D eigenvalue weighted by Crippen LogP contribution is 2.19. The average Bonchev–Trinajstić information content (AvgIpc) is 2.37. The van der Waals surface area contributed by atoms with Crippen molar-refractivity contribution in [2.75, 3.05) is 13.1 Å². The molecule has 0 spiro atoms. The fourth-order valence-corrected chi connectivity index (χ4v) is 1.76. The van der Waals surface area contributed by atoms with Gasteiger partial charge in [-0.2, -0.15) is 13.2 Å². The maximum absolute atomic E-state index is 12.4. The Bertz CT molecular complexity index is 451. The van der Waals surface area contributed by atoms with Crippen molar-refractivity contribution < 1.29 is 18.0 Å². The van der Waals surface area contributed by atoms with E-state index in [2.05, 4.69) is 6.58 Å². The van der Waals surface area contributed by atoms with Gasteiger partial charge in [-0.05, 0) is 5.56 Å². The molecule has 3 nitrogen and oxygen atoms in total. The number of hydrogen-bond acceptors (Lipinski definition) is 2. The van der Waals surface area contributed by atoms with Crippen LogP contribution >= 0.6 is 12.4 Å². The van der Waals surface area contributed by atoms with Crippen LogP contribution in [0.2, 0.25) is 0 Å². The molecule has 1 atom stereocenters. The van der Waals surface area contributed by atoms with Gasteiger partial charge in [-0.1, -0.05) is 36.4 Å². The van der Waals surface area contributed by atoms with Crippen molar-refractivity contribution in [3.8, 4) is 0 Å². The lowest BCUT2D eigenvalue weighted by Gasteiger charge is -2.24. The molecule has 0 saturated carbocycles. The highest BCUT2D eigenvalue weighted by Gasteiger charge is 2.32. The first-order valence-electron chi connectivity index (χ1n) is 6.09. The lowest BCUT2D eigenvalue weighted by Crippen LogP contribution is -2.40. The second-order valence-electron chi connectivity index (χ2n) is 4.40. The van der Waals surface area contributed by atoms with Gasteiger partial charge in [0.05, 0.1) is 0 Å². The van der Waals surface area contributed by atoms with E-state index in [9.17, 15) is 18.0 Å². The molecule has 0 heterocycles. The van der Waals surface area contributed by atoms with E-state index < -0.39 is 24.7 Å². The minimum atomic E-state index is -4.44. The van der Waals surface area contributed by atoms with Crippen molar-refractivity contribution in [3.05, 3.63) is 48.6 Å². The van der Waals surface area contributed by atoms with Crippen molar-refractivity contribution >= 4 is 18.3 Å². The van der Waals surface area contributed by atoms with E-state index in [0.717, 1.165) is 0 Å². The summed E-state index contributed by atoms with van der Waals surface area (Å²) in [5.41, 5.74) is 6.55. The second kappa shape index (κ2) is 8.69. The van der Waals surface area contributed by atoms with Crippen molar-refractivity contribution in [1.82, 2.24) is 4.90 Å². The third-order valence-electron chi connectivity index (χ3n) is 2.69. The molecule has 118 valence electrons. The van der Waals surface area contributed by atoms with Gasteiger partial charge in [0.25, 0.3) is 0 Å². The zero-order chi connectivity index (χ0) is 15.2. The summed E-state index contributed by atoms with van der Waals surface area (Å²) in [4.78, 5) is 12.6. The topological polar surface area (TPSA) is 46.3 Å². The van der Waals surface area contributed by atoms with Gasteiger partial charge in [0.15, 0.2) is 0 Å². The van der Waals surface area contributed by atoms with E-state index in [0.29, 0.717) is 10.5 Å². The Kier molecular flexibility index (Phi) is 8.06. The van der Waals surface area contributed by atoms with E-state index in [1.165, 1.54) is 6.08 Å². The van der Waals surface area contributed by atoms with Crippen LogP contribution in [-0.2, 0) is 4.79 Å². The summed E-state index contributed by atoms with van der Waals surface area (Å²) < 4.78 is 37.2. The van der Waals surface area contributed by atoms with Gasteiger partial charge in [0.2, 0.25) is 5.91 Å². The molecule has 0 aliphatic carbocycles. The van der Waals surface area contributed by atoms with Crippen molar-refractivity contribution in [3.63, 3.8) is 0 Å². The Morgan fingerprint density at radius 2 is 1.90 bits per heavy atom. The first-order valence-corrected chi connectivity index (χ1v) is 6.09. The second-order valence-corrected chi connectivity index (χ2v) is 4.40. The standard InChI is InChI=1S/C14H17F3N2O.ClH/c1-2-8-19(10-14(15,16)17)13(20)9-12(18)11-6-4-3-5-7-11;/h2-7,12H,1,8-10,18H2;1H. The van der Waals surface area contributed by atoms with Crippen LogP contribution in [0.4, 0.5) is 13.2 Å². The number of carbonyl (C=O) groups excluding carboxylic acids is 1. The number of nitrogens with zero attached hydrogens (tertiary/aromatic N) is 1. The Morgan fingerprint density at radius 1 is 1.33 bits per heavy atom. The van der Waals surface area contributed by atoms with E-state index in [-0.39, 0.29) is 25.4 Å². The molecule has 0 bridgehead atoms. The van der Waals surface area contributed by atoms with Crippen LogP contribution < -0.4 is 5.73 Å². The fourth-order valence-electron chi connectivity index (χ4n) is 1.76.